The van der Waals surface area contributed by atoms with Gasteiger partial charge in [0.2, 0.25) is 0 Å². The molecule has 0 saturated heterocycles. The summed E-state index contributed by atoms with van der Waals surface area (Å²) in [5.41, 5.74) is 0. The molecule has 29 heavy (non-hydrogen) atoms. The van der Waals surface area contributed by atoms with Gasteiger partial charge >= 0.3 is 7.82 Å². The monoisotopic (exact) mass is 440 g/mol. The van der Waals surface area contributed by atoms with Crippen LogP contribution in [0.25, 0.3) is 0 Å². The molecular weight excluding hydrogens is 395 g/mol. The fraction of sp³-hybridized carbons (Fsp3) is 1.00. The van der Waals surface area contributed by atoms with Crippen LogP contribution in [0.3, 0.4) is 0 Å². The second-order valence-corrected chi connectivity index (χ2v) is 9.11. The van der Waals surface area contributed by atoms with Crippen molar-refractivity contribution in [2.24, 2.45) is 0 Å². The molecule has 0 rings (SSSR count). The lowest BCUT2D eigenvalue weighted by Gasteiger charge is -2.23. The summed E-state index contributed by atoms with van der Waals surface area (Å²) >= 11 is 0. The van der Waals surface area contributed by atoms with Gasteiger partial charge in [-0.25, -0.2) is 4.57 Å². The van der Waals surface area contributed by atoms with Gasteiger partial charge in [-0.2, -0.15) is 0 Å². The Hall–Kier alpha value is -0.0100. The Kier molecular flexibility index (Phi) is 18.7. The molecule has 3 unspecified atom stereocenters. The van der Waals surface area contributed by atoms with Gasteiger partial charge in [-0.05, 0) is 40.0 Å². The molecular formula is C21H45O7P. The second kappa shape index (κ2) is 18.7. The molecule has 0 bridgehead atoms. The third kappa shape index (κ3) is 17.4. The molecule has 0 spiro atoms. The van der Waals surface area contributed by atoms with Gasteiger partial charge in [0.05, 0.1) is 38.1 Å². The van der Waals surface area contributed by atoms with Crippen LogP contribution in [0.2, 0.25) is 0 Å². The van der Waals surface area contributed by atoms with E-state index < -0.39 is 7.82 Å². The molecule has 0 aliphatic heterocycles. The molecule has 8 heteroatoms. The van der Waals surface area contributed by atoms with Gasteiger partial charge in [0.15, 0.2) is 0 Å². The number of phosphoric ester groups is 1. The molecule has 0 fully saturated rings. The molecule has 0 aliphatic rings. The Balaban J connectivity index is 4.56. The van der Waals surface area contributed by atoms with Crippen LogP contribution in [0.1, 0.15) is 80.1 Å². The van der Waals surface area contributed by atoms with Crippen LogP contribution in [-0.2, 0) is 32.3 Å². The summed E-state index contributed by atoms with van der Waals surface area (Å²) in [5, 5.41) is 0. The average Bonchev–Trinajstić information content (AvgIpc) is 2.70. The van der Waals surface area contributed by atoms with Crippen molar-refractivity contribution < 1.29 is 32.3 Å². The van der Waals surface area contributed by atoms with Gasteiger partial charge in [-0.15, -0.1) is 0 Å². The first-order valence-corrected chi connectivity index (χ1v) is 12.7. The lowest BCUT2D eigenvalue weighted by Crippen LogP contribution is -2.22. The number of rotatable bonds is 21. The van der Waals surface area contributed by atoms with Crippen LogP contribution in [0, 0.1) is 0 Å². The van der Waals surface area contributed by atoms with Crippen LogP contribution >= 0.6 is 7.82 Å². The van der Waals surface area contributed by atoms with Gasteiger partial charge in [0.25, 0.3) is 0 Å². The van der Waals surface area contributed by atoms with E-state index in [-0.39, 0.29) is 38.1 Å². The van der Waals surface area contributed by atoms with Crippen molar-refractivity contribution in [1.29, 1.82) is 0 Å². The molecule has 0 aromatic carbocycles. The predicted octanol–water partition coefficient (Wildman–Crippen LogP) is 5.76. The number of unbranched alkanes of at least 4 members (excludes halogenated alkanes) is 3. The molecule has 0 amide bonds. The van der Waals surface area contributed by atoms with Gasteiger partial charge < -0.3 is 14.2 Å². The molecule has 0 N–H and O–H groups in total. The highest BCUT2D eigenvalue weighted by Crippen LogP contribution is 2.50. The fourth-order valence-corrected chi connectivity index (χ4v) is 3.53. The smallest absolute Gasteiger partial charge is 0.376 e. The molecule has 0 saturated carbocycles. The van der Waals surface area contributed by atoms with E-state index in [1.807, 2.05) is 20.8 Å². The Morgan fingerprint density at radius 1 is 0.586 bits per heavy atom. The van der Waals surface area contributed by atoms with Crippen molar-refractivity contribution in [3.05, 3.63) is 0 Å². The molecule has 7 nitrogen and oxygen atoms in total. The number of phosphoric acid groups is 1. The van der Waals surface area contributed by atoms with E-state index in [1.54, 1.807) is 0 Å². The van der Waals surface area contributed by atoms with Crippen molar-refractivity contribution in [1.82, 2.24) is 0 Å². The minimum Gasteiger partial charge on any atom is -0.376 e. The van der Waals surface area contributed by atoms with E-state index in [1.165, 1.54) is 0 Å². The van der Waals surface area contributed by atoms with Crippen molar-refractivity contribution in [3.63, 3.8) is 0 Å². The highest BCUT2D eigenvalue weighted by molar-refractivity contribution is 7.48. The summed E-state index contributed by atoms with van der Waals surface area (Å²) in [5.74, 6) is 0. The average molecular weight is 441 g/mol. The minimum atomic E-state index is -3.74. The van der Waals surface area contributed by atoms with Crippen LogP contribution in [0.4, 0.5) is 0 Å². The van der Waals surface area contributed by atoms with Crippen LogP contribution in [0.15, 0.2) is 0 Å². The summed E-state index contributed by atoms with van der Waals surface area (Å²) in [6.07, 6.45) is 5.53. The van der Waals surface area contributed by atoms with Crippen LogP contribution < -0.4 is 0 Å². The molecule has 176 valence electrons. The summed E-state index contributed by atoms with van der Waals surface area (Å²) in [4.78, 5) is 0. The highest BCUT2D eigenvalue weighted by Gasteiger charge is 2.29. The standard InChI is InChI=1S/C21H45O7P/c1-7-10-13-23-19(4)16-26-29(22,27-17-20(5)24-14-11-8-2)28-18-21(6)25-15-12-9-3/h19-21H,7-18H2,1-6H3. The highest BCUT2D eigenvalue weighted by atomic mass is 31.2. The first kappa shape index (κ1) is 29.0. The predicted molar refractivity (Wildman–Crippen MR) is 116 cm³/mol. The summed E-state index contributed by atoms with van der Waals surface area (Å²) in [6.45, 7) is 14.3. The maximum absolute atomic E-state index is 13.1. The number of hydrogen-bond donors (Lipinski definition) is 0. The molecule has 0 radical (unpaired) electrons. The van der Waals surface area contributed by atoms with E-state index >= 15 is 0 Å². The van der Waals surface area contributed by atoms with Gasteiger partial charge in [0.1, 0.15) is 0 Å². The summed E-state index contributed by atoms with van der Waals surface area (Å²) < 4.78 is 46.7. The van der Waals surface area contributed by atoms with Crippen LogP contribution in [-0.4, -0.2) is 58.0 Å². The lowest BCUT2D eigenvalue weighted by atomic mass is 10.3. The SMILES string of the molecule is CCCCOC(C)COP(=O)(OCC(C)OCCCC)OCC(C)OCCCC. The van der Waals surface area contributed by atoms with Gasteiger partial charge in [0, 0.05) is 19.8 Å². The van der Waals surface area contributed by atoms with Crippen molar-refractivity contribution in [2.75, 3.05) is 39.6 Å². The maximum Gasteiger partial charge on any atom is 0.475 e. The molecule has 0 aromatic heterocycles. The maximum atomic E-state index is 13.1. The van der Waals surface area contributed by atoms with Crippen molar-refractivity contribution >= 4 is 7.82 Å². The zero-order valence-corrected chi connectivity index (χ0v) is 20.4. The van der Waals surface area contributed by atoms with Crippen LogP contribution in [0.5, 0.6) is 0 Å². The summed E-state index contributed by atoms with van der Waals surface area (Å²) in [6, 6.07) is 0. The topological polar surface area (TPSA) is 72.5 Å². The molecule has 3 atom stereocenters. The van der Waals surface area contributed by atoms with E-state index in [4.69, 9.17) is 27.8 Å². The van der Waals surface area contributed by atoms with Gasteiger partial charge in [-0.1, -0.05) is 40.0 Å². The fourth-order valence-electron chi connectivity index (χ4n) is 2.13. The molecule has 0 aromatic rings. The quantitative estimate of drug-likeness (QED) is 0.166. The van der Waals surface area contributed by atoms with E-state index in [0.717, 1.165) is 38.5 Å². The van der Waals surface area contributed by atoms with Crippen molar-refractivity contribution in [3.8, 4) is 0 Å². The largest absolute Gasteiger partial charge is 0.475 e. The minimum absolute atomic E-state index is 0.136. The van der Waals surface area contributed by atoms with E-state index in [0.29, 0.717) is 19.8 Å². The van der Waals surface area contributed by atoms with Gasteiger partial charge in [-0.3, -0.25) is 13.6 Å². The third-order valence-electron chi connectivity index (χ3n) is 4.10. The Labute approximate surface area is 178 Å². The zero-order valence-electron chi connectivity index (χ0n) is 19.5. The second-order valence-electron chi connectivity index (χ2n) is 7.44. The molecule has 0 heterocycles. The van der Waals surface area contributed by atoms with E-state index in [2.05, 4.69) is 20.8 Å². The third-order valence-corrected chi connectivity index (χ3v) is 5.50. The zero-order chi connectivity index (χ0) is 22.0. The van der Waals surface area contributed by atoms with Crippen molar-refractivity contribution in [2.45, 2.75) is 98.4 Å². The Bertz CT molecular complexity index is 351. The van der Waals surface area contributed by atoms with E-state index in [9.17, 15) is 4.57 Å². The number of hydrogen-bond acceptors (Lipinski definition) is 7. The normalized spacial score (nSPS) is 17.0. The summed E-state index contributed by atoms with van der Waals surface area (Å²) in [7, 11) is -3.74. The first-order valence-electron chi connectivity index (χ1n) is 11.2. The Morgan fingerprint density at radius 3 is 1.10 bits per heavy atom. The molecule has 0 aliphatic carbocycles. The first-order chi connectivity index (χ1) is 13.9. The number of ether oxygens (including phenoxy) is 3. The lowest BCUT2D eigenvalue weighted by molar-refractivity contribution is -0.0190. The Morgan fingerprint density at radius 2 is 0.862 bits per heavy atom.